The Morgan fingerprint density at radius 2 is 2.33 bits per heavy atom. The number of hydrogen-bond donors (Lipinski definition) is 2. The van der Waals surface area contributed by atoms with Gasteiger partial charge in [-0.2, -0.15) is 9.97 Å². The van der Waals surface area contributed by atoms with Crippen LogP contribution in [0.2, 0.25) is 0 Å². The van der Waals surface area contributed by atoms with Gasteiger partial charge in [0, 0.05) is 0 Å². The minimum absolute atomic E-state index is 0.205. The number of rotatable bonds is 1. The highest BCUT2D eigenvalue weighted by Crippen LogP contribution is 2.13. The van der Waals surface area contributed by atoms with Crippen LogP contribution in [0.25, 0.3) is 11.2 Å². The molecule has 0 amide bonds. The van der Waals surface area contributed by atoms with E-state index in [1.165, 1.54) is 6.33 Å². The van der Waals surface area contributed by atoms with Gasteiger partial charge in [0.1, 0.15) is 5.52 Å². The summed E-state index contributed by atoms with van der Waals surface area (Å²) in [4.78, 5) is 14.5. The third kappa shape index (κ3) is 0.903. The maximum Gasteiger partial charge on any atom is 0.316 e. The van der Waals surface area contributed by atoms with Crippen LogP contribution in [-0.4, -0.2) is 25.0 Å². The molecule has 2 aromatic rings. The molecule has 2 aromatic heterocycles. The van der Waals surface area contributed by atoms with E-state index in [0.29, 0.717) is 5.65 Å². The van der Waals surface area contributed by atoms with Gasteiger partial charge >= 0.3 is 6.01 Å². The Morgan fingerprint density at radius 3 is 3.08 bits per heavy atom. The summed E-state index contributed by atoms with van der Waals surface area (Å²) >= 11 is 0. The van der Waals surface area contributed by atoms with Crippen molar-refractivity contribution in [3.8, 4) is 6.01 Å². The van der Waals surface area contributed by atoms with E-state index < -0.39 is 0 Å². The van der Waals surface area contributed by atoms with Crippen LogP contribution < -0.4 is 0 Å². The summed E-state index contributed by atoms with van der Waals surface area (Å²) in [6, 6.07) is -0.205. The Labute approximate surface area is 68.5 Å². The van der Waals surface area contributed by atoms with Crippen molar-refractivity contribution in [1.82, 2.24) is 19.9 Å². The van der Waals surface area contributed by atoms with E-state index in [2.05, 4.69) is 19.9 Å². The number of hydrogen-bond acceptors (Lipinski definition) is 4. The second-order valence-electron chi connectivity index (χ2n) is 2.42. The summed E-state index contributed by atoms with van der Waals surface area (Å²) in [5.74, 6) is 0. The first kappa shape index (κ1) is 7.02. The summed E-state index contributed by atoms with van der Waals surface area (Å²) < 4.78 is 0. The zero-order chi connectivity index (χ0) is 8.55. The van der Waals surface area contributed by atoms with E-state index in [0.717, 1.165) is 17.6 Å². The molecule has 0 fully saturated rings. The minimum atomic E-state index is -0.205. The first-order valence-electron chi connectivity index (χ1n) is 3.70. The molecule has 0 unspecified atom stereocenters. The lowest BCUT2D eigenvalue weighted by Gasteiger charge is -1.96. The van der Waals surface area contributed by atoms with Gasteiger partial charge in [-0.15, -0.1) is 0 Å². The Hall–Kier alpha value is -1.65. The molecule has 2 rings (SSSR count). The monoisotopic (exact) mass is 164 g/mol. The third-order valence-corrected chi connectivity index (χ3v) is 1.67. The quantitative estimate of drug-likeness (QED) is 0.647. The molecule has 0 saturated carbocycles. The van der Waals surface area contributed by atoms with Crippen molar-refractivity contribution < 1.29 is 5.11 Å². The van der Waals surface area contributed by atoms with Gasteiger partial charge in [-0.3, -0.25) is 0 Å². The second kappa shape index (κ2) is 2.44. The fourth-order valence-electron chi connectivity index (χ4n) is 1.13. The predicted molar refractivity (Wildman–Crippen MR) is 42.7 cm³/mol. The highest BCUT2D eigenvalue weighted by Gasteiger charge is 2.06. The van der Waals surface area contributed by atoms with Gasteiger partial charge in [-0.1, -0.05) is 6.92 Å². The van der Waals surface area contributed by atoms with Crippen molar-refractivity contribution in [1.29, 1.82) is 0 Å². The third-order valence-electron chi connectivity index (χ3n) is 1.67. The van der Waals surface area contributed by atoms with Crippen molar-refractivity contribution in [2.24, 2.45) is 0 Å². The van der Waals surface area contributed by atoms with Crippen molar-refractivity contribution in [3.05, 3.63) is 12.0 Å². The molecule has 62 valence electrons. The lowest BCUT2D eigenvalue weighted by molar-refractivity contribution is 0.430. The molecule has 0 aliphatic heterocycles. The van der Waals surface area contributed by atoms with E-state index in [-0.39, 0.29) is 6.01 Å². The Morgan fingerprint density at radius 1 is 1.50 bits per heavy atom. The van der Waals surface area contributed by atoms with E-state index in [9.17, 15) is 0 Å². The van der Waals surface area contributed by atoms with Gasteiger partial charge in [0.15, 0.2) is 5.65 Å². The number of aryl methyl sites for hydroxylation is 1. The van der Waals surface area contributed by atoms with Gasteiger partial charge in [-0.05, 0) is 6.42 Å². The number of nitrogens with one attached hydrogen (secondary N) is 1. The molecule has 0 aliphatic carbocycles. The van der Waals surface area contributed by atoms with Crippen LogP contribution >= 0.6 is 0 Å². The Balaban J connectivity index is 2.80. The van der Waals surface area contributed by atoms with Crippen molar-refractivity contribution in [2.75, 3.05) is 0 Å². The topological polar surface area (TPSA) is 74.7 Å². The predicted octanol–water partition coefficient (Wildman–Crippen LogP) is 0.621. The number of imidazole rings is 1. The first-order valence-corrected chi connectivity index (χ1v) is 3.70. The average molecular weight is 164 g/mol. The van der Waals surface area contributed by atoms with Crippen molar-refractivity contribution in [3.63, 3.8) is 0 Å². The number of H-pyrrole nitrogens is 1. The van der Waals surface area contributed by atoms with E-state index in [4.69, 9.17) is 5.11 Å². The first-order chi connectivity index (χ1) is 5.81. The van der Waals surface area contributed by atoms with Gasteiger partial charge in [0.25, 0.3) is 0 Å². The van der Waals surface area contributed by atoms with Gasteiger partial charge < -0.3 is 10.1 Å². The normalized spacial score (nSPS) is 10.8. The number of nitrogens with zero attached hydrogens (tertiary/aromatic N) is 3. The van der Waals surface area contributed by atoms with Crippen LogP contribution in [0, 0.1) is 0 Å². The molecule has 0 spiro atoms. The van der Waals surface area contributed by atoms with Gasteiger partial charge in [0.2, 0.25) is 0 Å². The molecule has 0 aliphatic rings. The van der Waals surface area contributed by atoms with Gasteiger partial charge in [0.05, 0.1) is 12.0 Å². The molecule has 5 nitrogen and oxygen atoms in total. The van der Waals surface area contributed by atoms with Crippen LogP contribution in [0.15, 0.2) is 6.33 Å². The maximum absolute atomic E-state index is 9.09. The Kier molecular flexibility index (Phi) is 1.43. The zero-order valence-electron chi connectivity index (χ0n) is 6.57. The largest absolute Gasteiger partial charge is 0.479 e. The molecule has 0 bridgehead atoms. The van der Waals surface area contributed by atoms with Crippen LogP contribution in [0.5, 0.6) is 6.01 Å². The zero-order valence-corrected chi connectivity index (χ0v) is 6.57. The molecular weight excluding hydrogens is 156 g/mol. The average Bonchev–Trinajstić information content (AvgIpc) is 2.50. The summed E-state index contributed by atoms with van der Waals surface area (Å²) in [5, 5.41) is 9.09. The number of aromatic nitrogens is 4. The Bertz CT molecular complexity index is 409. The maximum atomic E-state index is 9.09. The SMILES string of the molecule is CCc1nc(O)nc2[nH]cnc12. The van der Waals surface area contributed by atoms with E-state index >= 15 is 0 Å². The summed E-state index contributed by atoms with van der Waals surface area (Å²) in [6.45, 7) is 1.95. The van der Waals surface area contributed by atoms with Crippen LogP contribution in [-0.2, 0) is 6.42 Å². The second-order valence-corrected chi connectivity index (χ2v) is 2.42. The highest BCUT2D eigenvalue weighted by atomic mass is 16.3. The van der Waals surface area contributed by atoms with Crippen LogP contribution in [0.3, 0.4) is 0 Å². The molecular formula is C7H8N4O. The lowest BCUT2D eigenvalue weighted by Crippen LogP contribution is -1.91. The number of aromatic hydroxyl groups is 1. The number of fused-ring (bicyclic) bond motifs is 1. The molecule has 0 atom stereocenters. The fourth-order valence-corrected chi connectivity index (χ4v) is 1.13. The van der Waals surface area contributed by atoms with Gasteiger partial charge in [-0.25, -0.2) is 4.98 Å². The molecule has 12 heavy (non-hydrogen) atoms. The van der Waals surface area contributed by atoms with Crippen LogP contribution in [0.1, 0.15) is 12.6 Å². The van der Waals surface area contributed by atoms with E-state index in [1.807, 2.05) is 6.92 Å². The summed E-state index contributed by atoms with van der Waals surface area (Å²) in [5.41, 5.74) is 2.08. The number of aromatic amines is 1. The standard InChI is InChI=1S/C7H8N4O/c1-2-4-5-6(9-3-8-5)11-7(12)10-4/h3H,2H2,1H3,(H2,8,9,10,11,12). The molecule has 0 aromatic carbocycles. The lowest BCUT2D eigenvalue weighted by atomic mass is 10.3. The molecule has 5 heteroatoms. The van der Waals surface area contributed by atoms with Crippen LogP contribution in [0.4, 0.5) is 0 Å². The smallest absolute Gasteiger partial charge is 0.316 e. The molecule has 0 saturated heterocycles. The van der Waals surface area contributed by atoms with Crippen molar-refractivity contribution >= 4 is 11.2 Å². The molecule has 2 heterocycles. The fraction of sp³-hybridized carbons (Fsp3) is 0.286. The minimum Gasteiger partial charge on any atom is -0.479 e. The highest BCUT2D eigenvalue weighted by molar-refractivity contribution is 5.72. The molecule has 0 radical (unpaired) electrons. The van der Waals surface area contributed by atoms with Crippen molar-refractivity contribution in [2.45, 2.75) is 13.3 Å². The van der Waals surface area contributed by atoms with E-state index in [1.54, 1.807) is 0 Å². The summed E-state index contributed by atoms with van der Waals surface area (Å²) in [6.07, 6.45) is 2.27. The summed E-state index contributed by atoms with van der Waals surface area (Å²) in [7, 11) is 0. The molecule has 2 N–H and O–H groups in total.